The Morgan fingerprint density at radius 2 is 2.36 bits per heavy atom. The molecule has 1 heterocycles. The summed E-state index contributed by atoms with van der Waals surface area (Å²) in [5, 5.41) is 21.2. The van der Waals surface area contributed by atoms with Crippen molar-refractivity contribution in [3.05, 3.63) is 3.92 Å². The lowest BCUT2D eigenvalue weighted by Crippen LogP contribution is -2.12. The lowest BCUT2D eigenvalue weighted by atomic mass is 10.1. The van der Waals surface area contributed by atoms with Gasteiger partial charge >= 0.3 is 0 Å². The fourth-order valence-electron chi connectivity index (χ4n) is 1.74. The first kappa shape index (κ1) is 10.3. The maximum atomic E-state index is 9.34. The van der Waals surface area contributed by atoms with Crippen LogP contribution in [0.3, 0.4) is 0 Å². The Balaban J connectivity index is 1.77. The first-order valence-corrected chi connectivity index (χ1v) is 6.26. The molecule has 1 fully saturated rings. The third-order valence-electron chi connectivity index (χ3n) is 2.46. The number of aliphatic hydroxyl groups is 1. The molecule has 2 atom stereocenters. The van der Waals surface area contributed by atoms with Crippen LogP contribution in [0.25, 0.3) is 0 Å². The van der Waals surface area contributed by atoms with Crippen molar-refractivity contribution in [1.29, 1.82) is 0 Å². The number of aromatic nitrogens is 2. The van der Waals surface area contributed by atoms with E-state index < -0.39 is 0 Å². The van der Waals surface area contributed by atoms with Gasteiger partial charge in [0.2, 0.25) is 5.13 Å². The molecule has 2 N–H and O–H groups in total. The van der Waals surface area contributed by atoms with E-state index in [1.54, 1.807) is 0 Å². The average Bonchev–Trinajstić information content (AvgIpc) is 2.72. The number of anilines is 1. The van der Waals surface area contributed by atoms with Gasteiger partial charge in [0.25, 0.3) is 0 Å². The van der Waals surface area contributed by atoms with E-state index in [1.807, 2.05) is 0 Å². The van der Waals surface area contributed by atoms with Crippen molar-refractivity contribution in [1.82, 2.24) is 10.2 Å². The van der Waals surface area contributed by atoms with Crippen LogP contribution in [0.4, 0.5) is 5.13 Å². The van der Waals surface area contributed by atoms with E-state index in [0.29, 0.717) is 5.92 Å². The highest BCUT2D eigenvalue weighted by molar-refractivity contribution is 9.11. The predicted molar refractivity (Wildman–Crippen MR) is 59.4 cm³/mol. The molecule has 6 heteroatoms. The minimum Gasteiger partial charge on any atom is -0.393 e. The standard InChI is InChI=1S/C8H12BrN3OS/c9-7-11-12-8(14-7)10-4-5-1-2-6(13)3-5/h5-6,13H,1-4H2,(H,10,12). The fraction of sp³-hybridized carbons (Fsp3) is 0.750. The van der Waals surface area contributed by atoms with Gasteiger partial charge in [0, 0.05) is 6.54 Å². The summed E-state index contributed by atoms with van der Waals surface area (Å²) >= 11 is 4.75. The van der Waals surface area contributed by atoms with E-state index in [9.17, 15) is 5.11 Å². The zero-order chi connectivity index (χ0) is 9.97. The van der Waals surface area contributed by atoms with Gasteiger partial charge < -0.3 is 10.4 Å². The first-order valence-electron chi connectivity index (χ1n) is 4.65. The minimum absolute atomic E-state index is 0.0945. The lowest BCUT2D eigenvalue weighted by molar-refractivity contribution is 0.178. The summed E-state index contributed by atoms with van der Waals surface area (Å²) in [7, 11) is 0. The average molecular weight is 278 g/mol. The summed E-state index contributed by atoms with van der Waals surface area (Å²) in [6.45, 7) is 0.888. The molecule has 4 nitrogen and oxygen atoms in total. The van der Waals surface area contributed by atoms with Crippen LogP contribution in [0.5, 0.6) is 0 Å². The maximum Gasteiger partial charge on any atom is 0.206 e. The van der Waals surface area contributed by atoms with Crippen molar-refractivity contribution in [2.24, 2.45) is 5.92 Å². The molecule has 0 amide bonds. The molecule has 1 aliphatic carbocycles. The molecule has 0 radical (unpaired) electrons. The summed E-state index contributed by atoms with van der Waals surface area (Å²) in [4.78, 5) is 0. The van der Waals surface area contributed by atoms with E-state index in [1.165, 1.54) is 11.3 Å². The molecule has 1 saturated carbocycles. The number of hydrogen-bond acceptors (Lipinski definition) is 5. The summed E-state index contributed by atoms with van der Waals surface area (Å²) in [5.74, 6) is 0.577. The molecule has 0 aromatic carbocycles. The predicted octanol–water partition coefficient (Wildman–Crippen LogP) is 1.87. The number of rotatable bonds is 3. The van der Waals surface area contributed by atoms with Gasteiger partial charge in [0.05, 0.1) is 6.10 Å². The number of halogens is 1. The van der Waals surface area contributed by atoms with Gasteiger partial charge in [-0.2, -0.15) is 0 Å². The number of nitrogens with zero attached hydrogens (tertiary/aromatic N) is 2. The van der Waals surface area contributed by atoms with Gasteiger partial charge in [-0.15, -0.1) is 10.2 Å². The highest BCUT2D eigenvalue weighted by atomic mass is 79.9. The van der Waals surface area contributed by atoms with E-state index in [2.05, 4.69) is 31.4 Å². The van der Waals surface area contributed by atoms with Gasteiger partial charge in [-0.05, 0) is 41.1 Å². The Hall–Kier alpha value is -0.200. The van der Waals surface area contributed by atoms with Crippen LogP contribution in [0, 0.1) is 5.92 Å². The zero-order valence-corrected chi connectivity index (χ0v) is 10.0. The second-order valence-electron chi connectivity index (χ2n) is 3.57. The molecule has 1 aliphatic rings. The lowest BCUT2D eigenvalue weighted by Gasteiger charge is -2.08. The third-order valence-corrected chi connectivity index (χ3v) is 3.77. The van der Waals surface area contributed by atoms with Gasteiger partial charge in [-0.1, -0.05) is 11.3 Å². The van der Waals surface area contributed by atoms with Crippen molar-refractivity contribution < 1.29 is 5.11 Å². The highest BCUT2D eigenvalue weighted by Crippen LogP contribution is 2.26. The molecular weight excluding hydrogens is 266 g/mol. The van der Waals surface area contributed by atoms with Crippen LogP contribution in [0.15, 0.2) is 3.92 Å². The van der Waals surface area contributed by atoms with Crippen molar-refractivity contribution in [2.45, 2.75) is 25.4 Å². The molecule has 0 saturated heterocycles. The molecule has 2 unspecified atom stereocenters. The van der Waals surface area contributed by atoms with Crippen LogP contribution in [0.2, 0.25) is 0 Å². The quantitative estimate of drug-likeness (QED) is 0.886. The monoisotopic (exact) mass is 277 g/mol. The molecule has 0 aliphatic heterocycles. The van der Waals surface area contributed by atoms with Gasteiger partial charge in [-0.25, -0.2) is 0 Å². The van der Waals surface area contributed by atoms with Crippen LogP contribution < -0.4 is 5.32 Å². The topological polar surface area (TPSA) is 58.0 Å². The second kappa shape index (κ2) is 4.55. The van der Waals surface area contributed by atoms with Crippen LogP contribution in [-0.2, 0) is 0 Å². The maximum absolute atomic E-state index is 9.34. The Bertz CT molecular complexity index is 307. The van der Waals surface area contributed by atoms with E-state index >= 15 is 0 Å². The van der Waals surface area contributed by atoms with E-state index in [4.69, 9.17) is 0 Å². The molecule has 78 valence electrons. The molecule has 1 aromatic heterocycles. The molecule has 0 spiro atoms. The molecule has 2 rings (SSSR count). The first-order chi connectivity index (χ1) is 6.74. The summed E-state index contributed by atoms with van der Waals surface area (Å²) < 4.78 is 0.798. The molecular formula is C8H12BrN3OS. The van der Waals surface area contributed by atoms with Crippen molar-refractivity contribution in [3.8, 4) is 0 Å². The number of aliphatic hydroxyl groups excluding tert-OH is 1. The Morgan fingerprint density at radius 3 is 2.93 bits per heavy atom. The summed E-state index contributed by atoms with van der Waals surface area (Å²) in [6, 6.07) is 0. The van der Waals surface area contributed by atoms with Crippen LogP contribution in [0.1, 0.15) is 19.3 Å². The van der Waals surface area contributed by atoms with E-state index in [0.717, 1.165) is 34.9 Å². The number of nitrogens with one attached hydrogen (secondary N) is 1. The Kier molecular flexibility index (Phi) is 3.35. The third kappa shape index (κ3) is 2.65. The molecule has 1 aromatic rings. The van der Waals surface area contributed by atoms with Crippen LogP contribution >= 0.6 is 27.3 Å². The Morgan fingerprint density at radius 1 is 1.50 bits per heavy atom. The summed E-state index contributed by atoms with van der Waals surface area (Å²) in [6.07, 6.45) is 2.86. The molecule has 0 bridgehead atoms. The zero-order valence-electron chi connectivity index (χ0n) is 7.61. The normalized spacial score (nSPS) is 26.7. The smallest absolute Gasteiger partial charge is 0.206 e. The summed E-state index contributed by atoms with van der Waals surface area (Å²) in [5.41, 5.74) is 0. The Labute approximate surface area is 94.9 Å². The SMILES string of the molecule is OC1CCC(CNc2nnc(Br)s2)C1. The second-order valence-corrected chi connectivity index (χ2v) is 5.83. The largest absolute Gasteiger partial charge is 0.393 e. The van der Waals surface area contributed by atoms with E-state index in [-0.39, 0.29) is 6.10 Å². The minimum atomic E-state index is -0.0945. The van der Waals surface area contributed by atoms with Crippen molar-refractivity contribution in [3.63, 3.8) is 0 Å². The van der Waals surface area contributed by atoms with Crippen molar-refractivity contribution >= 4 is 32.4 Å². The highest BCUT2D eigenvalue weighted by Gasteiger charge is 2.22. The van der Waals surface area contributed by atoms with Crippen molar-refractivity contribution in [2.75, 3.05) is 11.9 Å². The van der Waals surface area contributed by atoms with Gasteiger partial charge in [0.15, 0.2) is 3.92 Å². The van der Waals surface area contributed by atoms with Gasteiger partial charge in [0.1, 0.15) is 0 Å². The fourth-order valence-corrected chi connectivity index (χ4v) is 2.76. The van der Waals surface area contributed by atoms with Crippen LogP contribution in [-0.4, -0.2) is 28.0 Å². The molecule has 14 heavy (non-hydrogen) atoms. The van der Waals surface area contributed by atoms with Gasteiger partial charge in [-0.3, -0.25) is 0 Å². The number of hydrogen-bond donors (Lipinski definition) is 2.